The molecule has 0 aliphatic heterocycles. The average molecular weight is 149 g/mol. The molecule has 0 heterocycles. The molecule has 1 aliphatic rings. The van der Waals surface area contributed by atoms with Gasteiger partial charge in [-0.15, -0.1) is 0 Å². The van der Waals surface area contributed by atoms with E-state index in [1.807, 2.05) is 6.07 Å². The molecule has 1 aliphatic carbocycles. The lowest BCUT2D eigenvalue weighted by atomic mass is 10.2. The van der Waals surface area contributed by atoms with Gasteiger partial charge < -0.3 is 0 Å². The number of nitrogens with zero attached hydrogens (tertiary/aromatic N) is 1. The number of halogens is 1. The number of hydrogen-bond acceptors (Lipinski definition) is 1. The molecule has 0 aromatic rings. The normalized spacial score (nSPS) is 17.4. The molecule has 0 unspecified atom stereocenters. The van der Waals surface area contributed by atoms with E-state index in [1.54, 1.807) is 19.1 Å². The van der Waals surface area contributed by atoms with Gasteiger partial charge in [-0.3, -0.25) is 0 Å². The van der Waals surface area contributed by atoms with Gasteiger partial charge >= 0.3 is 0 Å². The van der Waals surface area contributed by atoms with E-state index < -0.39 is 0 Å². The van der Waals surface area contributed by atoms with E-state index in [0.717, 1.165) is 5.57 Å². The highest BCUT2D eigenvalue weighted by molar-refractivity contribution is 5.37. The molecular weight excluding hydrogens is 141 g/mol. The summed E-state index contributed by atoms with van der Waals surface area (Å²) in [7, 11) is 0. The monoisotopic (exact) mass is 149 g/mol. The van der Waals surface area contributed by atoms with Crippen LogP contribution in [0.1, 0.15) is 13.3 Å². The lowest BCUT2D eigenvalue weighted by Gasteiger charge is -1.90. The fourth-order valence-corrected chi connectivity index (χ4v) is 0.896. The Labute approximate surface area is 65.1 Å². The summed E-state index contributed by atoms with van der Waals surface area (Å²) in [6.45, 7) is 1.80. The molecule has 0 aromatic carbocycles. The van der Waals surface area contributed by atoms with Crippen LogP contribution in [-0.2, 0) is 0 Å². The third kappa shape index (κ3) is 2.05. The first-order valence-corrected chi connectivity index (χ1v) is 3.36. The van der Waals surface area contributed by atoms with Gasteiger partial charge in [0.1, 0.15) is 5.83 Å². The van der Waals surface area contributed by atoms with Crippen LogP contribution in [0.2, 0.25) is 0 Å². The molecule has 1 rings (SSSR count). The number of rotatable bonds is 0. The van der Waals surface area contributed by atoms with Crippen molar-refractivity contribution in [1.82, 2.24) is 0 Å². The molecular formula is C9H8FN. The highest BCUT2D eigenvalue weighted by Crippen LogP contribution is 2.17. The first kappa shape index (κ1) is 7.74. The molecule has 56 valence electrons. The van der Waals surface area contributed by atoms with E-state index in [2.05, 4.69) is 0 Å². The second-order valence-corrected chi connectivity index (χ2v) is 2.48. The van der Waals surface area contributed by atoms with E-state index in [4.69, 9.17) is 5.26 Å². The zero-order valence-corrected chi connectivity index (χ0v) is 6.26. The van der Waals surface area contributed by atoms with Gasteiger partial charge in [0.25, 0.3) is 0 Å². The lowest BCUT2D eigenvalue weighted by Crippen LogP contribution is -1.77. The minimum Gasteiger partial charge on any atom is -0.211 e. The molecule has 0 aromatic heterocycles. The zero-order chi connectivity index (χ0) is 8.27. The average Bonchev–Trinajstić information content (AvgIpc) is 2.11. The molecule has 1 nitrogen and oxygen atoms in total. The molecule has 0 amide bonds. The summed E-state index contributed by atoms with van der Waals surface area (Å²) in [4.78, 5) is 0. The minimum absolute atomic E-state index is 0.129. The van der Waals surface area contributed by atoms with Crippen molar-refractivity contribution in [3.05, 3.63) is 35.2 Å². The molecule has 0 fully saturated rings. The van der Waals surface area contributed by atoms with E-state index in [-0.39, 0.29) is 12.2 Å². The summed E-state index contributed by atoms with van der Waals surface area (Å²) in [6, 6.07) is 1.93. The van der Waals surface area contributed by atoms with Gasteiger partial charge in [-0.1, -0.05) is 6.08 Å². The first-order chi connectivity index (χ1) is 5.22. The van der Waals surface area contributed by atoms with E-state index in [9.17, 15) is 4.39 Å². The SMILES string of the molecule is CC1=CC=C(C#N)CC(F)=C1. The van der Waals surface area contributed by atoms with Gasteiger partial charge in [0.05, 0.1) is 6.07 Å². The summed E-state index contributed by atoms with van der Waals surface area (Å²) in [5, 5.41) is 8.48. The van der Waals surface area contributed by atoms with Crippen LogP contribution in [0, 0.1) is 11.3 Å². The van der Waals surface area contributed by atoms with Crippen LogP contribution in [-0.4, -0.2) is 0 Å². The van der Waals surface area contributed by atoms with Gasteiger partial charge in [-0.05, 0) is 24.6 Å². The highest BCUT2D eigenvalue weighted by Gasteiger charge is 2.03. The van der Waals surface area contributed by atoms with Crippen LogP contribution >= 0.6 is 0 Å². The van der Waals surface area contributed by atoms with Gasteiger partial charge in [0, 0.05) is 12.0 Å². The van der Waals surface area contributed by atoms with Crippen LogP contribution in [0.3, 0.4) is 0 Å². The molecule has 0 saturated carbocycles. The third-order valence-electron chi connectivity index (χ3n) is 1.43. The molecule has 0 spiro atoms. The number of allylic oxidation sites excluding steroid dienone is 6. The standard InChI is InChI=1S/C9H8FN/c1-7-2-3-8(6-11)5-9(10)4-7/h2-4H,5H2,1H3. The van der Waals surface area contributed by atoms with Crippen molar-refractivity contribution in [2.75, 3.05) is 0 Å². The maximum absolute atomic E-state index is 12.8. The predicted molar refractivity (Wildman–Crippen MR) is 41.3 cm³/mol. The van der Waals surface area contributed by atoms with Crippen LogP contribution in [0.15, 0.2) is 35.2 Å². The summed E-state index contributed by atoms with van der Waals surface area (Å²) >= 11 is 0. The molecule has 0 saturated heterocycles. The third-order valence-corrected chi connectivity index (χ3v) is 1.43. The van der Waals surface area contributed by atoms with Crippen molar-refractivity contribution >= 4 is 0 Å². The van der Waals surface area contributed by atoms with Gasteiger partial charge in [0.2, 0.25) is 0 Å². The molecule has 0 atom stereocenters. The summed E-state index contributed by atoms with van der Waals surface area (Å²) in [6.07, 6.45) is 4.97. The maximum Gasteiger partial charge on any atom is 0.105 e. The minimum atomic E-state index is -0.246. The van der Waals surface area contributed by atoms with Crippen LogP contribution in [0.5, 0.6) is 0 Å². The van der Waals surface area contributed by atoms with Gasteiger partial charge in [0.15, 0.2) is 0 Å². The Morgan fingerprint density at radius 2 is 2.27 bits per heavy atom. The van der Waals surface area contributed by atoms with Crippen molar-refractivity contribution in [1.29, 1.82) is 5.26 Å². The largest absolute Gasteiger partial charge is 0.211 e. The summed E-state index contributed by atoms with van der Waals surface area (Å²) < 4.78 is 12.8. The fraction of sp³-hybridized carbons (Fsp3) is 0.222. The molecule has 11 heavy (non-hydrogen) atoms. The molecule has 0 radical (unpaired) electrons. The Morgan fingerprint density at radius 1 is 1.55 bits per heavy atom. The second kappa shape index (κ2) is 3.16. The number of nitriles is 1. The van der Waals surface area contributed by atoms with Crippen LogP contribution < -0.4 is 0 Å². The molecule has 0 bridgehead atoms. The Kier molecular flexibility index (Phi) is 2.22. The van der Waals surface area contributed by atoms with Crippen molar-refractivity contribution < 1.29 is 4.39 Å². The summed E-state index contributed by atoms with van der Waals surface area (Å²) in [5.74, 6) is -0.246. The molecule has 0 N–H and O–H groups in total. The Balaban J connectivity index is 2.96. The van der Waals surface area contributed by atoms with Gasteiger partial charge in [-0.25, -0.2) is 4.39 Å². The fourth-order valence-electron chi connectivity index (χ4n) is 0.896. The Hall–Kier alpha value is -1.36. The second-order valence-electron chi connectivity index (χ2n) is 2.48. The van der Waals surface area contributed by atoms with Gasteiger partial charge in [-0.2, -0.15) is 5.26 Å². The van der Waals surface area contributed by atoms with E-state index >= 15 is 0 Å². The van der Waals surface area contributed by atoms with Crippen molar-refractivity contribution in [2.45, 2.75) is 13.3 Å². The summed E-state index contributed by atoms with van der Waals surface area (Å²) in [5.41, 5.74) is 1.31. The zero-order valence-electron chi connectivity index (χ0n) is 6.26. The van der Waals surface area contributed by atoms with E-state index in [0.29, 0.717) is 5.57 Å². The van der Waals surface area contributed by atoms with Crippen molar-refractivity contribution in [3.63, 3.8) is 0 Å². The van der Waals surface area contributed by atoms with Crippen LogP contribution in [0.4, 0.5) is 4.39 Å². The number of hydrogen-bond donors (Lipinski definition) is 0. The van der Waals surface area contributed by atoms with Crippen molar-refractivity contribution in [2.24, 2.45) is 0 Å². The lowest BCUT2D eigenvalue weighted by molar-refractivity contribution is 0.613. The van der Waals surface area contributed by atoms with Crippen molar-refractivity contribution in [3.8, 4) is 6.07 Å². The Morgan fingerprint density at radius 3 is 2.91 bits per heavy atom. The topological polar surface area (TPSA) is 23.8 Å². The van der Waals surface area contributed by atoms with Crippen LogP contribution in [0.25, 0.3) is 0 Å². The molecule has 2 heteroatoms. The van der Waals surface area contributed by atoms with E-state index in [1.165, 1.54) is 6.08 Å². The Bertz CT molecular complexity index is 289. The first-order valence-electron chi connectivity index (χ1n) is 3.36. The quantitative estimate of drug-likeness (QED) is 0.519. The smallest absolute Gasteiger partial charge is 0.105 e. The maximum atomic E-state index is 12.8. The predicted octanol–water partition coefficient (Wildman–Crippen LogP) is 2.64. The highest BCUT2D eigenvalue weighted by atomic mass is 19.1.